The molecule has 21 heavy (non-hydrogen) atoms. The predicted octanol–water partition coefficient (Wildman–Crippen LogP) is 2.86. The van der Waals surface area contributed by atoms with Crippen molar-refractivity contribution in [2.75, 3.05) is 19.6 Å². The van der Waals surface area contributed by atoms with Crippen LogP contribution in [0.1, 0.15) is 31.9 Å². The molecule has 2 saturated heterocycles. The third-order valence-corrected chi connectivity index (χ3v) is 4.82. The van der Waals surface area contributed by atoms with Crippen molar-refractivity contribution < 1.29 is 4.74 Å². The summed E-state index contributed by atoms with van der Waals surface area (Å²) in [6.07, 6.45) is 8.72. The van der Waals surface area contributed by atoms with Crippen molar-refractivity contribution in [1.82, 2.24) is 19.4 Å². The van der Waals surface area contributed by atoms with Gasteiger partial charge in [-0.3, -0.25) is 0 Å². The first-order chi connectivity index (χ1) is 10.3. The van der Waals surface area contributed by atoms with E-state index in [1.54, 1.807) is 0 Å². The molecule has 0 saturated carbocycles. The van der Waals surface area contributed by atoms with E-state index in [1.807, 2.05) is 12.3 Å². The minimum Gasteiger partial charge on any atom is -0.353 e. The summed E-state index contributed by atoms with van der Waals surface area (Å²) in [6.45, 7) is 3.51. The molecule has 112 valence electrons. The highest BCUT2D eigenvalue weighted by atomic mass is 35.5. The molecule has 4 heterocycles. The molecule has 2 aromatic rings. The Balaban J connectivity index is 1.50. The van der Waals surface area contributed by atoms with Crippen molar-refractivity contribution in [3.8, 4) is 0 Å². The van der Waals surface area contributed by atoms with E-state index >= 15 is 0 Å². The van der Waals surface area contributed by atoms with Gasteiger partial charge in [0.05, 0.1) is 11.5 Å². The summed E-state index contributed by atoms with van der Waals surface area (Å²) in [4.78, 5) is 10.9. The Kier molecular flexibility index (Phi) is 3.57. The van der Waals surface area contributed by atoms with Gasteiger partial charge in [0.15, 0.2) is 0 Å². The molecule has 4 rings (SSSR count). The van der Waals surface area contributed by atoms with E-state index in [4.69, 9.17) is 16.3 Å². The van der Waals surface area contributed by atoms with Crippen molar-refractivity contribution >= 4 is 22.6 Å². The molecule has 0 bridgehead atoms. The maximum atomic E-state index is 6.23. The molecule has 0 aliphatic carbocycles. The zero-order valence-corrected chi connectivity index (χ0v) is 12.7. The van der Waals surface area contributed by atoms with Crippen LogP contribution in [0.4, 0.5) is 0 Å². The smallest absolute Gasteiger partial charge is 0.146 e. The summed E-state index contributed by atoms with van der Waals surface area (Å²) in [7, 11) is 0. The average Bonchev–Trinajstić information content (AvgIpc) is 3.19. The van der Waals surface area contributed by atoms with Crippen LogP contribution in [0.25, 0.3) is 11.0 Å². The first-order valence-corrected chi connectivity index (χ1v) is 8.04. The molecular formula is C15H19ClN4O. The molecule has 2 unspecified atom stereocenters. The molecule has 0 amide bonds. The molecular weight excluding hydrogens is 288 g/mol. The molecule has 2 fully saturated rings. The normalized spacial score (nSPS) is 26.9. The van der Waals surface area contributed by atoms with Crippen molar-refractivity contribution in [1.29, 1.82) is 0 Å². The lowest BCUT2D eigenvalue weighted by atomic mass is 10.2. The Bertz CT molecular complexity index is 638. The third kappa shape index (κ3) is 2.54. The summed E-state index contributed by atoms with van der Waals surface area (Å²) in [5.74, 6) is 0. The van der Waals surface area contributed by atoms with E-state index < -0.39 is 0 Å². The van der Waals surface area contributed by atoms with Crippen LogP contribution < -0.4 is 0 Å². The fraction of sp³-hybridized carbons (Fsp3) is 0.600. The highest BCUT2D eigenvalue weighted by Crippen LogP contribution is 2.32. The van der Waals surface area contributed by atoms with Gasteiger partial charge in [-0.2, -0.15) is 0 Å². The number of hydrogen-bond donors (Lipinski definition) is 0. The van der Waals surface area contributed by atoms with Crippen molar-refractivity contribution in [2.24, 2.45) is 0 Å². The minimum atomic E-state index is 0.0704. The van der Waals surface area contributed by atoms with Crippen molar-refractivity contribution in [2.45, 2.75) is 38.0 Å². The second-order valence-corrected chi connectivity index (χ2v) is 6.28. The summed E-state index contributed by atoms with van der Waals surface area (Å²) in [6, 6.07) is 1.97. The number of hydrogen-bond acceptors (Lipinski definition) is 4. The number of likely N-dealkylation sites (tertiary alicyclic amines) is 1. The first kappa shape index (κ1) is 13.5. The van der Waals surface area contributed by atoms with Gasteiger partial charge in [-0.05, 0) is 44.8 Å². The van der Waals surface area contributed by atoms with Crippen LogP contribution in [0.2, 0.25) is 5.15 Å². The largest absolute Gasteiger partial charge is 0.353 e. The molecule has 6 heteroatoms. The zero-order valence-electron chi connectivity index (χ0n) is 11.9. The van der Waals surface area contributed by atoms with Crippen LogP contribution in [0, 0.1) is 0 Å². The van der Waals surface area contributed by atoms with Gasteiger partial charge in [-0.1, -0.05) is 11.6 Å². The second-order valence-electron chi connectivity index (χ2n) is 5.92. The minimum absolute atomic E-state index is 0.0704. The van der Waals surface area contributed by atoms with Crippen LogP contribution in [-0.2, 0) is 4.74 Å². The van der Waals surface area contributed by atoms with E-state index in [1.165, 1.54) is 32.3 Å². The maximum Gasteiger partial charge on any atom is 0.146 e. The summed E-state index contributed by atoms with van der Waals surface area (Å²) < 4.78 is 8.32. The number of halogens is 1. The standard InChI is InChI=1S/C15H19ClN4O/c16-14-12-5-8-20(15(12)18-10-17-14)13-4-3-11(21-13)9-19-6-1-2-7-19/h5,8,10-11,13H,1-4,6-7,9H2. The number of rotatable bonds is 3. The molecule has 2 aromatic heterocycles. The number of nitrogens with zero attached hydrogens (tertiary/aromatic N) is 4. The Morgan fingerprint density at radius 3 is 2.95 bits per heavy atom. The highest BCUT2D eigenvalue weighted by molar-refractivity contribution is 6.33. The number of aromatic nitrogens is 3. The Morgan fingerprint density at radius 2 is 2.10 bits per heavy atom. The monoisotopic (exact) mass is 306 g/mol. The van der Waals surface area contributed by atoms with Gasteiger partial charge < -0.3 is 14.2 Å². The maximum absolute atomic E-state index is 6.23. The van der Waals surface area contributed by atoms with Crippen LogP contribution >= 0.6 is 11.6 Å². The van der Waals surface area contributed by atoms with Gasteiger partial charge in [-0.25, -0.2) is 9.97 Å². The molecule has 0 spiro atoms. The van der Waals surface area contributed by atoms with Crippen LogP contribution in [0.15, 0.2) is 18.6 Å². The molecule has 5 nitrogen and oxygen atoms in total. The van der Waals surface area contributed by atoms with Crippen LogP contribution in [0.3, 0.4) is 0 Å². The fourth-order valence-corrected chi connectivity index (χ4v) is 3.64. The van der Waals surface area contributed by atoms with Crippen molar-refractivity contribution in [3.05, 3.63) is 23.7 Å². The molecule has 0 aromatic carbocycles. The third-order valence-electron chi connectivity index (χ3n) is 4.52. The lowest BCUT2D eigenvalue weighted by Crippen LogP contribution is -2.29. The Morgan fingerprint density at radius 1 is 1.24 bits per heavy atom. The van der Waals surface area contributed by atoms with E-state index in [9.17, 15) is 0 Å². The van der Waals surface area contributed by atoms with Crippen LogP contribution in [0.5, 0.6) is 0 Å². The van der Waals surface area contributed by atoms with E-state index in [0.717, 1.165) is 30.4 Å². The SMILES string of the molecule is Clc1ncnc2c1ccn2C1CCC(CN2CCCC2)O1. The molecule has 2 aliphatic heterocycles. The van der Waals surface area contributed by atoms with E-state index in [0.29, 0.717) is 11.3 Å². The van der Waals surface area contributed by atoms with Gasteiger partial charge in [0.2, 0.25) is 0 Å². The average molecular weight is 307 g/mol. The Labute approximate surface area is 128 Å². The lowest BCUT2D eigenvalue weighted by Gasteiger charge is -2.21. The van der Waals surface area contributed by atoms with Gasteiger partial charge in [0.25, 0.3) is 0 Å². The lowest BCUT2D eigenvalue weighted by molar-refractivity contribution is -0.00846. The van der Waals surface area contributed by atoms with E-state index in [2.05, 4.69) is 19.4 Å². The number of fused-ring (bicyclic) bond motifs is 1. The highest BCUT2D eigenvalue weighted by Gasteiger charge is 2.29. The zero-order chi connectivity index (χ0) is 14.2. The van der Waals surface area contributed by atoms with Crippen molar-refractivity contribution in [3.63, 3.8) is 0 Å². The van der Waals surface area contributed by atoms with Gasteiger partial charge in [0.1, 0.15) is 23.4 Å². The predicted molar refractivity (Wildman–Crippen MR) is 81.4 cm³/mol. The Hall–Kier alpha value is -1.17. The van der Waals surface area contributed by atoms with Gasteiger partial charge in [0, 0.05) is 12.7 Å². The summed E-state index contributed by atoms with van der Waals surface area (Å²) in [5, 5.41) is 1.40. The summed E-state index contributed by atoms with van der Waals surface area (Å²) >= 11 is 6.11. The fourth-order valence-electron chi connectivity index (χ4n) is 3.45. The molecule has 0 radical (unpaired) electrons. The van der Waals surface area contributed by atoms with Crippen LogP contribution in [-0.4, -0.2) is 45.2 Å². The molecule has 0 N–H and O–H groups in total. The van der Waals surface area contributed by atoms with Gasteiger partial charge in [-0.15, -0.1) is 0 Å². The topological polar surface area (TPSA) is 43.2 Å². The van der Waals surface area contributed by atoms with Gasteiger partial charge >= 0.3 is 0 Å². The molecule has 2 atom stereocenters. The molecule has 2 aliphatic rings. The quantitative estimate of drug-likeness (QED) is 0.818. The second kappa shape index (κ2) is 5.55. The van der Waals surface area contributed by atoms with E-state index in [-0.39, 0.29) is 6.23 Å². The summed E-state index contributed by atoms with van der Waals surface area (Å²) in [5.41, 5.74) is 0.863. The number of ether oxygens (including phenoxy) is 1. The first-order valence-electron chi connectivity index (χ1n) is 7.66.